The molecule has 1 atom stereocenters. The first-order chi connectivity index (χ1) is 11.2. The fourth-order valence-electron chi connectivity index (χ4n) is 2.55. The van der Waals surface area contributed by atoms with E-state index in [4.69, 9.17) is 4.74 Å². The minimum Gasteiger partial charge on any atom is -0.469 e. The molecule has 7 heteroatoms. The minimum atomic E-state index is -0.215. The van der Waals surface area contributed by atoms with Crippen LogP contribution < -0.4 is 10.2 Å². The second-order valence-corrected chi connectivity index (χ2v) is 5.51. The number of carbonyl (C=O) groups is 1. The van der Waals surface area contributed by atoms with Gasteiger partial charge >= 0.3 is 5.97 Å². The first-order valence-electron chi connectivity index (χ1n) is 7.85. The van der Waals surface area contributed by atoms with Crippen molar-refractivity contribution in [2.75, 3.05) is 51.8 Å². The van der Waals surface area contributed by atoms with E-state index in [9.17, 15) is 4.79 Å². The van der Waals surface area contributed by atoms with E-state index in [0.717, 1.165) is 38.0 Å². The third kappa shape index (κ3) is 4.58. The van der Waals surface area contributed by atoms with Crippen LogP contribution in [0, 0.1) is 5.92 Å². The summed E-state index contributed by atoms with van der Waals surface area (Å²) in [6.07, 6.45) is 1.82. The summed E-state index contributed by atoms with van der Waals surface area (Å²) in [5.74, 6) is 1.41. The maximum absolute atomic E-state index is 11.5. The molecule has 1 aromatic heterocycles. The maximum Gasteiger partial charge on any atom is 0.310 e. The maximum atomic E-state index is 11.5. The smallest absolute Gasteiger partial charge is 0.310 e. The van der Waals surface area contributed by atoms with Crippen molar-refractivity contribution < 1.29 is 9.53 Å². The van der Waals surface area contributed by atoms with Gasteiger partial charge in [-0.05, 0) is 12.1 Å². The lowest BCUT2D eigenvalue weighted by molar-refractivity contribution is -0.144. The number of rotatable bonds is 4. The number of carbonyl (C=O) groups excluding carboxylic acids is 1. The number of piperazine rings is 1. The zero-order valence-corrected chi connectivity index (χ0v) is 14.0. The van der Waals surface area contributed by atoms with Gasteiger partial charge in [0, 0.05) is 46.0 Å². The normalized spacial score (nSPS) is 16.9. The summed E-state index contributed by atoms with van der Waals surface area (Å²) in [4.78, 5) is 24.6. The highest BCUT2D eigenvalue weighted by Gasteiger charge is 2.21. The summed E-state index contributed by atoms with van der Waals surface area (Å²) in [6, 6.07) is 5.96. The molecular formula is C16H25N5O2. The molecule has 0 spiro atoms. The van der Waals surface area contributed by atoms with Gasteiger partial charge in [-0.15, -0.1) is 0 Å². The van der Waals surface area contributed by atoms with Crippen LogP contribution in [0.4, 0.5) is 5.82 Å². The Hall–Kier alpha value is -2.31. The molecule has 2 heterocycles. The number of esters is 1. The average molecular weight is 319 g/mol. The van der Waals surface area contributed by atoms with Crippen LogP contribution in [0.25, 0.3) is 0 Å². The molecule has 0 aliphatic carbocycles. The lowest BCUT2D eigenvalue weighted by Gasteiger charge is -2.37. The van der Waals surface area contributed by atoms with E-state index in [0.29, 0.717) is 6.54 Å². The summed E-state index contributed by atoms with van der Waals surface area (Å²) < 4.78 is 4.74. The molecule has 1 N–H and O–H groups in total. The van der Waals surface area contributed by atoms with Crippen molar-refractivity contribution in [2.24, 2.45) is 10.9 Å². The van der Waals surface area contributed by atoms with Crippen molar-refractivity contribution in [3.05, 3.63) is 24.4 Å². The van der Waals surface area contributed by atoms with Gasteiger partial charge in [0.15, 0.2) is 5.96 Å². The van der Waals surface area contributed by atoms with Gasteiger partial charge in [0.05, 0.1) is 13.0 Å². The molecule has 0 saturated carbocycles. The molecule has 1 aromatic rings. The molecule has 1 saturated heterocycles. The Morgan fingerprint density at radius 2 is 2.13 bits per heavy atom. The van der Waals surface area contributed by atoms with E-state index in [1.165, 1.54) is 7.11 Å². The number of anilines is 1. The molecule has 1 aliphatic rings. The van der Waals surface area contributed by atoms with Crippen LogP contribution in [0.2, 0.25) is 0 Å². The topological polar surface area (TPSA) is 70.1 Å². The largest absolute Gasteiger partial charge is 0.469 e. The van der Waals surface area contributed by atoms with Crippen LogP contribution in [-0.4, -0.2) is 68.7 Å². The first-order valence-corrected chi connectivity index (χ1v) is 7.85. The molecule has 0 aromatic carbocycles. The summed E-state index contributed by atoms with van der Waals surface area (Å²) in [5, 5.41) is 3.25. The molecule has 1 unspecified atom stereocenters. The Labute approximate surface area is 137 Å². The number of nitrogens with zero attached hydrogens (tertiary/aromatic N) is 4. The van der Waals surface area contributed by atoms with E-state index < -0.39 is 0 Å². The van der Waals surface area contributed by atoms with Crippen molar-refractivity contribution in [1.82, 2.24) is 15.2 Å². The van der Waals surface area contributed by atoms with Gasteiger partial charge in [-0.1, -0.05) is 13.0 Å². The van der Waals surface area contributed by atoms with Gasteiger partial charge in [0.1, 0.15) is 5.82 Å². The first kappa shape index (κ1) is 17.1. The highest BCUT2D eigenvalue weighted by molar-refractivity contribution is 5.81. The summed E-state index contributed by atoms with van der Waals surface area (Å²) >= 11 is 0. The van der Waals surface area contributed by atoms with E-state index in [2.05, 4.69) is 25.1 Å². The molecule has 2 rings (SSSR count). The van der Waals surface area contributed by atoms with Crippen LogP contribution in [0.1, 0.15) is 6.92 Å². The molecular weight excluding hydrogens is 294 g/mol. The van der Waals surface area contributed by atoms with Gasteiger partial charge < -0.3 is 19.9 Å². The molecule has 126 valence electrons. The standard InChI is InChI=1S/C16H25N5O2/c1-13(15(22)23-3)12-19-16(17-2)21-10-8-20(9-11-21)14-6-4-5-7-18-14/h4-7,13H,8-12H2,1-3H3,(H,17,19). The van der Waals surface area contributed by atoms with Crippen LogP contribution in [0.3, 0.4) is 0 Å². The fourth-order valence-corrected chi connectivity index (χ4v) is 2.55. The summed E-state index contributed by atoms with van der Waals surface area (Å²) in [5.41, 5.74) is 0. The summed E-state index contributed by atoms with van der Waals surface area (Å²) in [7, 11) is 3.17. The molecule has 23 heavy (non-hydrogen) atoms. The zero-order valence-electron chi connectivity index (χ0n) is 14.0. The number of nitrogens with one attached hydrogen (secondary N) is 1. The highest BCUT2D eigenvalue weighted by atomic mass is 16.5. The number of aromatic nitrogens is 1. The van der Waals surface area contributed by atoms with Crippen LogP contribution >= 0.6 is 0 Å². The quantitative estimate of drug-likeness (QED) is 0.498. The van der Waals surface area contributed by atoms with Crippen molar-refractivity contribution in [1.29, 1.82) is 0 Å². The number of hydrogen-bond donors (Lipinski definition) is 1. The Bertz CT molecular complexity index is 527. The highest BCUT2D eigenvalue weighted by Crippen LogP contribution is 2.12. The monoisotopic (exact) mass is 319 g/mol. The number of ether oxygens (including phenoxy) is 1. The van der Waals surface area contributed by atoms with Gasteiger partial charge in [-0.3, -0.25) is 9.79 Å². The second-order valence-electron chi connectivity index (χ2n) is 5.51. The SMILES string of the molecule is CN=C(NCC(C)C(=O)OC)N1CCN(c2ccccn2)CC1. The number of methoxy groups -OCH3 is 1. The Morgan fingerprint density at radius 3 is 2.70 bits per heavy atom. The Morgan fingerprint density at radius 1 is 1.39 bits per heavy atom. The number of hydrogen-bond acceptors (Lipinski definition) is 5. The fraction of sp³-hybridized carbons (Fsp3) is 0.562. The second kappa shape index (κ2) is 8.36. The van der Waals surface area contributed by atoms with Gasteiger partial charge in [-0.2, -0.15) is 0 Å². The lowest BCUT2D eigenvalue weighted by Crippen LogP contribution is -2.53. The molecule has 7 nitrogen and oxygen atoms in total. The minimum absolute atomic E-state index is 0.202. The van der Waals surface area contributed by atoms with E-state index in [1.54, 1.807) is 7.05 Å². The third-order valence-corrected chi connectivity index (χ3v) is 3.93. The number of guanidine groups is 1. The predicted molar refractivity (Wildman–Crippen MR) is 90.6 cm³/mol. The molecule has 0 bridgehead atoms. The molecule has 0 amide bonds. The third-order valence-electron chi connectivity index (χ3n) is 3.93. The van der Waals surface area contributed by atoms with Gasteiger partial charge in [0.25, 0.3) is 0 Å². The van der Waals surface area contributed by atoms with Crippen LogP contribution in [0.15, 0.2) is 29.4 Å². The predicted octanol–water partition coefficient (Wildman–Crippen LogP) is 0.588. The Kier molecular flexibility index (Phi) is 6.19. The zero-order chi connectivity index (χ0) is 16.7. The van der Waals surface area contributed by atoms with Gasteiger partial charge in [0.2, 0.25) is 0 Å². The van der Waals surface area contributed by atoms with Crippen molar-refractivity contribution in [3.8, 4) is 0 Å². The lowest BCUT2D eigenvalue weighted by atomic mass is 10.2. The van der Waals surface area contributed by atoms with Crippen LogP contribution in [-0.2, 0) is 9.53 Å². The Balaban J connectivity index is 1.84. The average Bonchev–Trinajstić information content (AvgIpc) is 2.62. The van der Waals surface area contributed by atoms with Crippen molar-refractivity contribution in [2.45, 2.75) is 6.92 Å². The van der Waals surface area contributed by atoms with E-state index in [-0.39, 0.29) is 11.9 Å². The van der Waals surface area contributed by atoms with Crippen LogP contribution in [0.5, 0.6) is 0 Å². The number of aliphatic imine (C=N–C) groups is 1. The van der Waals surface area contributed by atoms with Crippen molar-refractivity contribution >= 4 is 17.7 Å². The molecule has 1 aliphatic heterocycles. The van der Waals surface area contributed by atoms with Gasteiger partial charge in [-0.25, -0.2) is 4.98 Å². The molecule has 0 radical (unpaired) electrons. The summed E-state index contributed by atoms with van der Waals surface area (Å²) in [6.45, 7) is 5.87. The molecule has 1 fully saturated rings. The van der Waals surface area contributed by atoms with E-state index >= 15 is 0 Å². The number of pyridine rings is 1. The van der Waals surface area contributed by atoms with E-state index in [1.807, 2.05) is 31.3 Å². The van der Waals surface area contributed by atoms with Crippen molar-refractivity contribution in [3.63, 3.8) is 0 Å².